The summed E-state index contributed by atoms with van der Waals surface area (Å²) in [5, 5.41) is 12.4. The normalized spacial score (nSPS) is 14.0. The first kappa shape index (κ1) is 28.2. The fraction of sp³-hybridized carbons (Fsp3) is 0.148. The van der Waals surface area contributed by atoms with Crippen LogP contribution in [0.2, 0.25) is 0 Å². The molecule has 1 N–H and O–H groups in total. The van der Waals surface area contributed by atoms with Crippen molar-refractivity contribution in [1.82, 2.24) is 4.90 Å². The number of rotatable bonds is 10. The van der Waals surface area contributed by atoms with Crippen molar-refractivity contribution in [3.63, 3.8) is 0 Å². The van der Waals surface area contributed by atoms with E-state index in [-0.39, 0.29) is 22.9 Å². The van der Waals surface area contributed by atoms with Gasteiger partial charge in [0, 0.05) is 18.2 Å². The number of benzene rings is 3. The lowest BCUT2D eigenvalue weighted by Crippen LogP contribution is -2.36. The van der Waals surface area contributed by atoms with Gasteiger partial charge in [-0.2, -0.15) is 0 Å². The van der Waals surface area contributed by atoms with Gasteiger partial charge in [0.2, 0.25) is 5.91 Å². The predicted molar refractivity (Wildman–Crippen MR) is 143 cm³/mol. The van der Waals surface area contributed by atoms with Crippen molar-refractivity contribution in [2.75, 3.05) is 18.5 Å². The molecule has 0 radical (unpaired) electrons. The summed E-state index contributed by atoms with van der Waals surface area (Å²) in [6.07, 6.45) is 1.46. The minimum Gasteiger partial charge on any atom is -0.490 e. The van der Waals surface area contributed by atoms with Crippen LogP contribution >= 0.6 is 11.8 Å². The van der Waals surface area contributed by atoms with Crippen molar-refractivity contribution < 1.29 is 37.6 Å². The fourth-order valence-electron chi connectivity index (χ4n) is 3.59. The van der Waals surface area contributed by atoms with E-state index in [1.807, 2.05) is 0 Å². The summed E-state index contributed by atoms with van der Waals surface area (Å²) in [6, 6.07) is 13.4. The Morgan fingerprint density at radius 2 is 1.80 bits per heavy atom. The van der Waals surface area contributed by atoms with Crippen LogP contribution in [0.3, 0.4) is 0 Å². The monoisotopic (exact) mass is 569 g/mol. The van der Waals surface area contributed by atoms with E-state index in [2.05, 4.69) is 5.32 Å². The van der Waals surface area contributed by atoms with E-state index in [1.54, 1.807) is 37.3 Å². The number of anilines is 1. The Bertz CT molecular complexity index is 1510. The largest absolute Gasteiger partial charge is 0.490 e. The lowest BCUT2D eigenvalue weighted by Gasteiger charge is -2.13. The van der Waals surface area contributed by atoms with Crippen LogP contribution in [0.25, 0.3) is 6.08 Å². The van der Waals surface area contributed by atoms with Crippen LogP contribution in [0.4, 0.5) is 25.0 Å². The SMILES string of the molecule is CCOc1cc(/C=C2/SC(=O)N(CC(=O)Nc3ccc(F)cc3F)C2=O)ccc1OCc1ccc([N+](=O)[O-])cc1. The minimum absolute atomic E-state index is 0.0325. The third-order valence-corrected chi connectivity index (χ3v) is 6.39. The van der Waals surface area contributed by atoms with Crippen LogP contribution < -0.4 is 14.8 Å². The molecule has 0 aliphatic carbocycles. The lowest BCUT2D eigenvalue weighted by molar-refractivity contribution is -0.384. The number of amides is 3. The molecule has 10 nitrogen and oxygen atoms in total. The second-order valence-electron chi connectivity index (χ2n) is 8.29. The van der Waals surface area contributed by atoms with Crippen molar-refractivity contribution >= 4 is 46.3 Å². The zero-order valence-corrected chi connectivity index (χ0v) is 21.7. The van der Waals surface area contributed by atoms with Crippen LogP contribution in [0.15, 0.2) is 65.6 Å². The summed E-state index contributed by atoms with van der Waals surface area (Å²) in [5.41, 5.74) is 0.912. The van der Waals surface area contributed by atoms with Crippen molar-refractivity contribution in [3.05, 3.63) is 98.4 Å². The van der Waals surface area contributed by atoms with E-state index in [0.29, 0.717) is 47.1 Å². The van der Waals surface area contributed by atoms with Gasteiger partial charge in [0.25, 0.3) is 16.8 Å². The highest BCUT2D eigenvalue weighted by Crippen LogP contribution is 2.35. The lowest BCUT2D eigenvalue weighted by atomic mass is 10.1. The maximum absolute atomic E-state index is 13.8. The van der Waals surface area contributed by atoms with E-state index >= 15 is 0 Å². The Labute approximate surface area is 230 Å². The van der Waals surface area contributed by atoms with Gasteiger partial charge in [-0.25, -0.2) is 8.78 Å². The molecule has 206 valence electrons. The number of nitro benzene ring substituents is 1. The van der Waals surface area contributed by atoms with Crippen LogP contribution in [0, 0.1) is 21.7 Å². The van der Waals surface area contributed by atoms with E-state index in [1.165, 1.54) is 18.2 Å². The average Bonchev–Trinajstić information content (AvgIpc) is 3.17. The molecule has 3 aromatic rings. The molecular formula is C27H21F2N3O7S. The molecule has 1 aliphatic heterocycles. The number of imide groups is 1. The van der Waals surface area contributed by atoms with Gasteiger partial charge in [-0.1, -0.05) is 6.07 Å². The van der Waals surface area contributed by atoms with Gasteiger partial charge in [-0.3, -0.25) is 29.4 Å². The maximum atomic E-state index is 13.8. The van der Waals surface area contributed by atoms with Gasteiger partial charge in [0.15, 0.2) is 11.5 Å². The van der Waals surface area contributed by atoms with Crippen molar-refractivity contribution in [2.24, 2.45) is 0 Å². The van der Waals surface area contributed by atoms with Gasteiger partial charge in [-0.05, 0) is 72.3 Å². The van der Waals surface area contributed by atoms with E-state index in [0.717, 1.165) is 17.0 Å². The number of hydrogen-bond donors (Lipinski definition) is 1. The molecule has 13 heteroatoms. The Morgan fingerprint density at radius 3 is 2.48 bits per heavy atom. The topological polar surface area (TPSA) is 128 Å². The second-order valence-corrected chi connectivity index (χ2v) is 9.28. The molecule has 1 aliphatic rings. The highest BCUT2D eigenvalue weighted by atomic mass is 32.2. The molecule has 0 atom stereocenters. The third-order valence-electron chi connectivity index (χ3n) is 5.49. The first-order valence-corrected chi connectivity index (χ1v) is 12.6. The molecule has 1 fully saturated rings. The number of nitro groups is 1. The smallest absolute Gasteiger partial charge is 0.294 e. The Morgan fingerprint density at radius 1 is 1.05 bits per heavy atom. The summed E-state index contributed by atoms with van der Waals surface area (Å²) in [6.45, 7) is 1.57. The summed E-state index contributed by atoms with van der Waals surface area (Å²) in [7, 11) is 0. The second kappa shape index (κ2) is 12.4. The van der Waals surface area contributed by atoms with Crippen LogP contribution in [0.5, 0.6) is 11.5 Å². The van der Waals surface area contributed by atoms with E-state index < -0.39 is 40.2 Å². The summed E-state index contributed by atoms with van der Waals surface area (Å²) in [4.78, 5) is 48.7. The Kier molecular flexibility index (Phi) is 8.74. The maximum Gasteiger partial charge on any atom is 0.294 e. The zero-order valence-electron chi connectivity index (χ0n) is 20.9. The zero-order chi connectivity index (χ0) is 28.8. The van der Waals surface area contributed by atoms with Crippen LogP contribution in [-0.4, -0.2) is 40.0 Å². The standard InChI is InChI=1S/C27H21F2N3O7S/c1-2-38-23-11-17(5-10-22(23)39-15-16-3-7-19(8-4-16)32(36)37)12-24-26(34)31(27(35)40-24)14-25(33)30-21-9-6-18(28)13-20(21)29/h3-13H,2,14-15H2,1H3,(H,30,33)/b24-12+. The highest BCUT2D eigenvalue weighted by molar-refractivity contribution is 8.18. The molecule has 1 saturated heterocycles. The molecule has 0 unspecified atom stereocenters. The van der Waals surface area contributed by atoms with Crippen molar-refractivity contribution in [3.8, 4) is 11.5 Å². The molecule has 40 heavy (non-hydrogen) atoms. The van der Waals surface area contributed by atoms with Crippen LogP contribution in [-0.2, 0) is 16.2 Å². The average molecular weight is 570 g/mol. The number of nitrogens with one attached hydrogen (secondary N) is 1. The molecule has 3 amide bonds. The molecule has 0 spiro atoms. The molecule has 3 aromatic carbocycles. The Balaban J connectivity index is 1.44. The number of ether oxygens (including phenoxy) is 2. The van der Waals surface area contributed by atoms with E-state index in [9.17, 15) is 33.3 Å². The van der Waals surface area contributed by atoms with Gasteiger partial charge in [0.1, 0.15) is 24.8 Å². The number of carbonyl (C=O) groups excluding carboxylic acids is 3. The molecular weight excluding hydrogens is 548 g/mol. The first-order chi connectivity index (χ1) is 19.1. The molecule has 4 rings (SSSR count). The number of nitrogens with zero attached hydrogens (tertiary/aromatic N) is 2. The van der Waals surface area contributed by atoms with Crippen molar-refractivity contribution in [1.29, 1.82) is 0 Å². The molecule has 0 aromatic heterocycles. The van der Waals surface area contributed by atoms with Gasteiger partial charge >= 0.3 is 0 Å². The summed E-state index contributed by atoms with van der Waals surface area (Å²) < 4.78 is 38.4. The molecule has 0 saturated carbocycles. The molecule has 1 heterocycles. The number of halogens is 2. The molecule has 0 bridgehead atoms. The third kappa shape index (κ3) is 6.80. The van der Waals surface area contributed by atoms with Gasteiger partial charge in [0.05, 0.1) is 22.1 Å². The predicted octanol–water partition coefficient (Wildman–Crippen LogP) is 5.53. The quantitative estimate of drug-likeness (QED) is 0.192. The van der Waals surface area contributed by atoms with Crippen LogP contribution in [0.1, 0.15) is 18.1 Å². The fourth-order valence-corrected chi connectivity index (χ4v) is 4.43. The van der Waals surface area contributed by atoms with Gasteiger partial charge < -0.3 is 14.8 Å². The number of non-ortho nitro benzene ring substituents is 1. The first-order valence-electron chi connectivity index (χ1n) is 11.8. The number of thioether (sulfide) groups is 1. The van der Waals surface area contributed by atoms with Crippen molar-refractivity contribution in [2.45, 2.75) is 13.5 Å². The van der Waals surface area contributed by atoms with E-state index in [4.69, 9.17) is 9.47 Å². The summed E-state index contributed by atoms with van der Waals surface area (Å²) in [5.74, 6) is -2.58. The van der Waals surface area contributed by atoms with Gasteiger partial charge in [-0.15, -0.1) is 0 Å². The summed E-state index contributed by atoms with van der Waals surface area (Å²) >= 11 is 0.639. The number of hydrogen-bond acceptors (Lipinski definition) is 8. The minimum atomic E-state index is -0.993. The highest BCUT2D eigenvalue weighted by Gasteiger charge is 2.36. The Hall–Kier alpha value is -4.78. The number of carbonyl (C=O) groups is 3.